The number of nitrogens with zero attached hydrogens (tertiary/aromatic N) is 1. The van der Waals surface area contributed by atoms with Crippen LogP contribution in [0.2, 0.25) is 5.02 Å². The van der Waals surface area contributed by atoms with Crippen molar-refractivity contribution in [3.8, 4) is 0 Å². The Morgan fingerprint density at radius 2 is 2.27 bits per heavy atom. The maximum absolute atomic E-state index is 11.0. The highest BCUT2D eigenvalue weighted by Crippen LogP contribution is 2.27. The third kappa shape index (κ3) is 1.98. The van der Waals surface area contributed by atoms with Gasteiger partial charge in [0, 0.05) is 4.47 Å². The van der Waals surface area contributed by atoms with Crippen molar-refractivity contribution < 1.29 is 4.79 Å². The lowest BCUT2D eigenvalue weighted by Crippen LogP contribution is -2.27. The highest BCUT2D eigenvalue weighted by atomic mass is 79.9. The summed E-state index contributed by atoms with van der Waals surface area (Å²) in [6.45, 7) is 0. The van der Waals surface area contributed by atoms with Crippen LogP contribution in [0.15, 0.2) is 27.7 Å². The van der Waals surface area contributed by atoms with E-state index in [1.54, 1.807) is 18.2 Å². The summed E-state index contributed by atoms with van der Waals surface area (Å²) in [6, 6.07) is 4.57. The standard InChI is InChI=1S/C9H7BrClN3O/c10-5-3-4(1-2-6(5)11)7-8(12)14-9(15)13-7/h1-3,7H,(H3,12,13,14,15). The Kier molecular flexibility index (Phi) is 2.67. The fourth-order valence-corrected chi connectivity index (χ4v) is 1.87. The van der Waals surface area contributed by atoms with Crippen LogP contribution in [-0.4, -0.2) is 11.9 Å². The lowest BCUT2D eigenvalue weighted by atomic mass is 10.1. The summed E-state index contributed by atoms with van der Waals surface area (Å²) in [5, 5.41) is 3.24. The van der Waals surface area contributed by atoms with Gasteiger partial charge in [0.05, 0.1) is 5.02 Å². The molecule has 1 aromatic rings. The zero-order valence-corrected chi connectivity index (χ0v) is 9.84. The fraction of sp³-hybridized carbons (Fsp3) is 0.111. The molecule has 0 fully saturated rings. The molecule has 0 aromatic heterocycles. The number of nitrogens with one attached hydrogen (secondary N) is 1. The average Bonchev–Trinajstić information content (AvgIpc) is 2.50. The molecule has 6 heteroatoms. The maximum Gasteiger partial charge on any atom is 0.343 e. The van der Waals surface area contributed by atoms with E-state index < -0.39 is 6.03 Å². The van der Waals surface area contributed by atoms with Gasteiger partial charge < -0.3 is 11.1 Å². The van der Waals surface area contributed by atoms with Crippen LogP contribution in [0.5, 0.6) is 0 Å². The number of amidine groups is 1. The van der Waals surface area contributed by atoms with Gasteiger partial charge >= 0.3 is 6.03 Å². The molecule has 0 saturated heterocycles. The molecule has 1 aliphatic rings. The molecule has 0 saturated carbocycles. The van der Waals surface area contributed by atoms with E-state index in [0.29, 0.717) is 5.02 Å². The molecule has 1 atom stereocenters. The first kappa shape index (κ1) is 10.4. The molecule has 2 amide bonds. The second-order valence-corrected chi connectivity index (χ2v) is 4.35. The van der Waals surface area contributed by atoms with E-state index in [-0.39, 0.29) is 11.9 Å². The molecule has 1 aliphatic heterocycles. The van der Waals surface area contributed by atoms with Gasteiger partial charge in [-0.05, 0) is 33.6 Å². The average molecular weight is 289 g/mol. The van der Waals surface area contributed by atoms with E-state index >= 15 is 0 Å². The van der Waals surface area contributed by atoms with E-state index in [4.69, 9.17) is 17.3 Å². The molecule has 3 N–H and O–H groups in total. The molecule has 78 valence electrons. The Morgan fingerprint density at radius 1 is 1.53 bits per heavy atom. The molecule has 0 spiro atoms. The van der Waals surface area contributed by atoms with Gasteiger partial charge in [-0.3, -0.25) is 0 Å². The largest absolute Gasteiger partial charge is 0.385 e. The van der Waals surface area contributed by atoms with Crippen LogP contribution in [0.4, 0.5) is 4.79 Å². The van der Waals surface area contributed by atoms with Crippen LogP contribution >= 0.6 is 27.5 Å². The number of hydrogen-bond acceptors (Lipinski definition) is 2. The first-order chi connectivity index (χ1) is 7.08. The Balaban J connectivity index is 2.35. The van der Waals surface area contributed by atoms with Crippen LogP contribution < -0.4 is 11.1 Å². The first-order valence-electron chi connectivity index (χ1n) is 4.17. The summed E-state index contributed by atoms with van der Waals surface area (Å²) in [4.78, 5) is 14.6. The second-order valence-electron chi connectivity index (χ2n) is 3.09. The van der Waals surface area contributed by atoms with Crippen LogP contribution in [-0.2, 0) is 0 Å². The first-order valence-corrected chi connectivity index (χ1v) is 5.34. The monoisotopic (exact) mass is 287 g/mol. The van der Waals surface area contributed by atoms with Crippen molar-refractivity contribution in [3.63, 3.8) is 0 Å². The Bertz CT molecular complexity index is 461. The highest BCUT2D eigenvalue weighted by Gasteiger charge is 2.25. The van der Waals surface area contributed by atoms with Gasteiger partial charge in [-0.2, -0.15) is 4.99 Å². The zero-order valence-electron chi connectivity index (χ0n) is 7.50. The molecule has 1 aromatic carbocycles. The van der Waals surface area contributed by atoms with Crippen LogP contribution in [0.3, 0.4) is 0 Å². The van der Waals surface area contributed by atoms with E-state index in [1.807, 2.05) is 0 Å². The summed E-state index contributed by atoms with van der Waals surface area (Å²) in [5.74, 6) is 0.272. The Morgan fingerprint density at radius 3 is 2.80 bits per heavy atom. The van der Waals surface area contributed by atoms with Crippen molar-refractivity contribution in [1.82, 2.24) is 5.32 Å². The number of amides is 2. The van der Waals surface area contributed by atoms with Gasteiger partial charge in [-0.15, -0.1) is 0 Å². The van der Waals surface area contributed by atoms with Crippen molar-refractivity contribution in [2.24, 2.45) is 10.7 Å². The molecule has 1 heterocycles. The summed E-state index contributed by atoms with van der Waals surface area (Å²) in [6.07, 6.45) is 0. The number of hydrogen-bond donors (Lipinski definition) is 2. The van der Waals surface area contributed by atoms with Crippen molar-refractivity contribution >= 4 is 39.4 Å². The van der Waals surface area contributed by atoms with Crippen molar-refractivity contribution in [2.45, 2.75) is 6.04 Å². The molecular formula is C9H7BrClN3O. The molecule has 0 bridgehead atoms. The van der Waals surface area contributed by atoms with Gasteiger partial charge in [-0.25, -0.2) is 4.79 Å². The number of halogens is 2. The molecule has 4 nitrogen and oxygen atoms in total. The van der Waals surface area contributed by atoms with E-state index in [1.165, 1.54) is 0 Å². The molecule has 1 unspecified atom stereocenters. The van der Waals surface area contributed by atoms with Gasteiger partial charge in [-0.1, -0.05) is 17.7 Å². The number of rotatable bonds is 1. The predicted octanol–water partition coefficient (Wildman–Crippen LogP) is 2.22. The Labute approximate surface area is 99.6 Å². The third-order valence-electron chi connectivity index (χ3n) is 2.07. The number of nitrogens with two attached hydrogens (primary N) is 1. The minimum absolute atomic E-state index is 0.272. The SMILES string of the molecule is NC1=NC(=O)NC1c1ccc(Cl)c(Br)c1. The summed E-state index contributed by atoms with van der Waals surface area (Å²) >= 11 is 9.16. The fourth-order valence-electron chi connectivity index (χ4n) is 1.36. The lowest BCUT2D eigenvalue weighted by Gasteiger charge is -2.11. The predicted molar refractivity (Wildman–Crippen MR) is 62.0 cm³/mol. The summed E-state index contributed by atoms with van der Waals surface area (Å²) in [5.41, 5.74) is 6.45. The van der Waals surface area contributed by atoms with Crippen molar-refractivity contribution in [1.29, 1.82) is 0 Å². The van der Waals surface area contributed by atoms with E-state index in [2.05, 4.69) is 26.2 Å². The van der Waals surface area contributed by atoms with Crippen LogP contribution in [0.25, 0.3) is 0 Å². The van der Waals surface area contributed by atoms with Crippen molar-refractivity contribution in [3.05, 3.63) is 33.3 Å². The maximum atomic E-state index is 11.0. The Hall–Kier alpha value is -1.07. The minimum atomic E-state index is -0.413. The van der Waals surface area contributed by atoms with Gasteiger partial charge in [0.15, 0.2) is 0 Å². The second kappa shape index (κ2) is 3.83. The number of aliphatic imine (C=N–C) groups is 1. The van der Waals surface area contributed by atoms with Gasteiger partial charge in [0.1, 0.15) is 11.9 Å². The summed E-state index contributed by atoms with van der Waals surface area (Å²) in [7, 11) is 0. The highest BCUT2D eigenvalue weighted by molar-refractivity contribution is 9.10. The smallest absolute Gasteiger partial charge is 0.343 e. The third-order valence-corrected chi connectivity index (χ3v) is 3.29. The molecule has 15 heavy (non-hydrogen) atoms. The lowest BCUT2D eigenvalue weighted by molar-refractivity contribution is 0.250. The molecule has 0 radical (unpaired) electrons. The molecule has 2 rings (SSSR count). The van der Waals surface area contributed by atoms with E-state index in [9.17, 15) is 4.79 Å². The van der Waals surface area contributed by atoms with Gasteiger partial charge in [0.25, 0.3) is 0 Å². The normalized spacial score (nSPS) is 20.0. The number of carbonyl (C=O) groups is 1. The van der Waals surface area contributed by atoms with Crippen LogP contribution in [0, 0.1) is 0 Å². The molecular weight excluding hydrogens is 281 g/mol. The number of benzene rings is 1. The topological polar surface area (TPSA) is 67.5 Å². The summed E-state index contributed by atoms with van der Waals surface area (Å²) < 4.78 is 0.760. The van der Waals surface area contributed by atoms with Crippen LogP contribution in [0.1, 0.15) is 11.6 Å². The number of urea groups is 1. The van der Waals surface area contributed by atoms with E-state index in [0.717, 1.165) is 10.0 Å². The number of carbonyl (C=O) groups excluding carboxylic acids is 1. The van der Waals surface area contributed by atoms with Gasteiger partial charge in [0.2, 0.25) is 0 Å². The zero-order chi connectivity index (χ0) is 11.0. The molecule has 0 aliphatic carbocycles. The van der Waals surface area contributed by atoms with Crippen molar-refractivity contribution in [2.75, 3.05) is 0 Å². The minimum Gasteiger partial charge on any atom is -0.385 e. The quantitative estimate of drug-likeness (QED) is 0.832.